The second-order valence-corrected chi connectivity index (χ2v) is 5.63. The van der Waals surface area contributed by atoms with Crippen LogP contribution >= 0.6 is 23.3 Å². The van der Waals surface area contributed by atoms with Gasteiger partial charge >= 0.3 is 0 Å². The first-order chi connectivity index (χ1) is 6.86. The molecule has 2 atom stereocenters. The number of aromatic nitrogens is 1. The van der Waals surface area contributed by atoms with E-state index in [0.717, 1.165) is 25.3 Å². The van der Waals surface area contributed by atoms with Crippen molar-refractivity contribution in [2.45, 2.75) is 17.8 Å². The number of aliphatic hydroxyl groups excluding tert-OH is 1. The molecule has 0 spiro atoms. The van der Waals surface area contributed by atoms with Crippen LogP contribution in [0.1, 0.15) is 4.88 Å². The maximum absolute atomic E-state index is 9.96. The SMILES string of the molecule is OC(Cc1ccns1)C1CNCCS1. The predicted molar refractivity (Wildman–Crippen MR) is 60.9 cm³/mol. The van der Waals surface area contributed by atoms with Crippen molar-refractivity contribution in [1.29, 1.82) is 0 Å². The van der Waals surface area contributed by atoms with Crippen LogP contribution in [0.5, 0.6) is 0 Å². The van der Waals surface area contributed by atoms with Crippen molar-refractivity contribution < 1.29 is 5.11 Å². The summed E-state index contributed by atoms with van der Waals surface area (Å²) in [5.41, 5.74) is 0. The molecule has 1 fully saturated rings. The molecule has 1 aromatic heterocycles. The summed E-state index contributed by atoms with van der Waals surface area (Å²) in [5.74, 6) is 1.10. The van der Waals surface area contributed by atoms with Crippen LogP contribution in [0, 0.1) is 0 Å². The van der Waals surface area contributed by atoms with Crippen molar-refractivity contribution in [3.05, 3.63) is 17.1 Å². The molecule has 3 nitrogen and oxygen atoms in total. The van der Waals surface area contributed by atoms with Gasteiger partial charge in [0, 0.05) is 41.6 Å². The van der Waals surface area contributed by atoms with Crippen LogP contribution in [0.4, 0.5) is 0 Å². The summed E-state index contributed by atoms with van der Waals surface area (Å²) in [6.45, 7) is 1.99. The van der Waals surface area contributed by atoms with Gasteiger partial charge in [-0.2, -0.15) is 11.8 Å². The Labute approximate surface area is 92.1 Å². The normalized spacial score (nSPS) is 24.8. The topological polar surface area (TPSA) is 45.2 Å². The number of thioether (sulfide) groups is 1. The molecule has 1 aromatic rings. The molecule has 0 amide bonds. The van der Waals surface area contributed by atoms with Gasteiger partial charge in [0.25, 0.3) is 0 Å². The number of rotatable bonds is 3. The van der Waals surface area contributed by atoms with Crippen LogP contribution in [-0.2, 0) is 6.42 Å². The Morgan fingerprint density at radius 2 is 2.64 bits per heavy atom. The quantitative estimate of drug-likeness (QED) is 0.804. The smallest absolute Gasteiger partial charge is 0.0719 e. The Kier molecular flexibility index (Phi) is 3.81. The Balaban J connectivity index is 1.85. The fraction of sp³-hybridized carbons (Fsp3) is 0.667. The first kappa shape index (κ1) is 10.4. The Morgan fingerprint density at radius 1 is 1.71 bits per heavy atom. The lowest BCUT2D eigenvalue weighted by Crippen LogP contribution is -2.40. The van der Waals surface area contributed by atoms with Crippen molar-refractivity contribution in [2.75, 3.05) is 18.8 Å². The molecule has 0 aromatic carbocycles. The summed E-state index contributed by atoms with van der Waals surface area (Å²) in [6, 6.07) is 1.98. The molecule has 0 bridgehead atoms. The first-order valence-corrected chi connectivity index (χ1v) is 6.58. The maximum Gasteiger partial charge on any atom is 0.0719 e. The Bertz CT molecular complexity index is 260. The number of aliphatic hydroxyl groups is 1. The minimum Gasteiger partial charge on any atom is -0.392 e. The van der Waals surface area contributed by atoms with E-state index in [2.05, 4.69) is 9.69 Å². The van der Waals surface area contributed by atoms with E-state index < -0.39 is 0 Å². The van der Waals surface area contributed by atoms with Gasteiger partial charge in [0.1, 0.15) is 0 Å². The van der Waals surface area contributed by atoms with E-state index in [4.69, 9.17) is 0 Å². The van der Waals surface area contributed by atoms with E-state index in [1.54, 1.807) is 6.20 Å². The summed E-state index contributed by atoms with van der Waals surface area (Å²) < 4.78 is 4.03. The second-order valence-electron chi connectivity index (χ2n) is 3.36. The van der Waals surface area contributed by atoms with E-state index in [-0.39, 0.29) is 6.10 Å². The van der Waals surface area contributed by atoms with Crippen LogP contribution in [0.15, 0.2) is 12.3 Å². The lowest BCUT2D eigenvalue weighted by atomic mass is 10.1. The number of hydrogen-bond acceptors (Lipinski definition) is 5. The summed E-state index contributed by atoms with van der Waals surface area (Å²) in [7, 11) is 0. The molecule has 2 rings (SSSR count). The largest absolute Gasteiger partial charge is 0.392 e. The third-order valence-electron chi connectivity index (χ3n) is 2.29. The van der Waals surface area contributed by atoms with Crippen LogP contribution in [0.2, 0.25) is 0 Å². The van der Waals surface area contributed by atoms with Gasteiger partial charge in [-0.15, -0.1) is 0 Å². The monoisotopic (exact) mass is 230 g/mol. The van der Waals surface area contributed by atoms with Crippen molar-refractivity contribution in [3.8, 4) is 0 Å². The molecular weight excluding hydrogens is 216 g/mol. The lowest BCUT2D eigenvalue weighted by molar-refractivity contribution is 0.170. The van der Waals surface area contributed by atoms with E-state index >= 15 is 0 Å². The predicted octanol–water partition coefficient (Wildman–Crippen LogP) is 0.752. The summed E-state index contributed by atoms with van der Waals surface area (Å²) >= 11 is 3.34. The molecule has 2 unspecified atom stereocenters. The lowest BCUT2D eigenvalue weighted by Gasteiger charge is -2.26. The number of nitrogens with zero attached hydrogens (tertiary/aromatic N) is 1. The second kappa shape index (κ2) is 5.11. The van der Waals surface area contributed by atoms with Crippen LogP contribution in [0.25, 0.3) is 0 Å². The number of hydrogen-bond donors (Lipinski definition) is 2. The van der Waals surface area contributed by atoms with Crippen LogP contribution < -0.4 is 5.32 Å². The zero-order chi connectivity index (χ0) is 9.80. The van der Waals surface area contributed by atoms with Gasteiger partial charge in [-0.25, -0.2) is 4.37 Å². The molecule has 78 valence electrons. The molecule has 14 heavy (non-hydrogen) atoms. The fourth-order valence-corrected chi connectivity index (χ4v) is 3.26. The average Bonchev–Trinajstić information content (AvgIpc) is 2.72. The zero-order valence-electron chi connectivity index (χ0n) is 7.85. The molecular formula is C9H14N2OS2. The highest BCUT2D eigenvalue weighted by Gasteiger charge is 2.22. The van der Waals surface area contributed by atoms with Crippen molar-refractivity contribution in [2.24, 2.45) is 0 Å². The van der Waals surface area contributed by atoms with Crippen LogP contribution in [-0.4, -0.2) is 39.7 Å². The fourth-order valence-electron chi connectivity index (χ4n) is 1.52. The van der Waals surface area contributed by atoms with Crippen molar-refractivity contribution in [3.63, 3.8) is 0 Å². The molecule has 5 heteroatoms. The molecule has 0 radical (unpaired) electrons. The molecule has 0 aliphatic carbocycles. The van der Waals surface area contributed by atoms with Gasteiger partial charge in [-0.05, 0) is 17.6 Å². The maximum atomic E-state index is 9.96. The summed E-state index contributed by atoms with van der Waals surface area (Å²) in [4.78, 5) is 1.17. The minimum absolute atomic E-state index is 0.242. The van der Waals surface area contributed by atoms with Gasteiger partial charge in [0.05, 0.1) is 6.10 Å². The summed E-state index contributed by atoms with van der Waals surface area (Å²) in [5, 5.41) is 13.6. The van der Waals surface area contributed by atoms with Crippen molar-refractivity contribution >= 4 is 23.3 Å². The van der Waals surface area contributed by atoms with E-state index in [0.29, 0.717) is 5.25 Å². The van der Waals surface area contributed by atoms with E-state index in [9.17, 15) is 5.11 Å². The van der Waals surface area contributed by atoms with E-state index in [1.807, 2.05) is 17.8 Å². The van der Waals surface area contributed by atoms with Gasteiger partial charge < -0.3 is 10.4 Å². The first-order valence-electron chi connectivity index (χ1n) is 4.76. The molecule has 1 aliphatic rings. The third kappa shape index (κ3) is 2.70. The molecule has 2 heterocycles. The Hall–Kier alpha value is -0.100. The third-order valence-corrected chi connectivity index (χ3v) is 4.40. The molecule has 1 saturated heterocycles. The summed E-state index contributed by atoms with van der Waals surface area (Å²) in [6.07, 6.45) is 2.29. The standard InChI is InChI=1S/C9H14N2OS2/c12-8(5-7-1-2-11-14-7)9-6-10-3-4-13-9/h1-2,8-10,12H,3-6H2. The molecule has 2 N–H and O–H groups in total. The molecule has 0 saturated carbocycles. The van der Waals surface area contributed by atoms with Gasteiger partial charge in [-0.1, -0.05) is 0 Å². The highest BCUT2D eigenvalue weighted by molar-refractivity contribution is 8.00. The van der Waals surface area contributed by atoms with Crippen molar-refractivity contribution in [1.82, 2.24) is 9.69 Å². The highest BCUT2D eigenvalue weighted by Crippen LogP contribution is 2.20. The number of nitrogens with one attached hydrogen (secondary N) is 1. The average molecular weight is 230 g/mol. The highest BCUT2D eigenvalue weighted by atomic mass is 32.2. The Morgan fingerprint density at radius 3 is 3.29 bits per heavy atom. The van der Waals surface area contributed by atoms with Gasteiger partial charge in [-0.3, -0.25) is 0 Å². The van der Waals surface area contributed by atoms with Crippen LogP contribution in [0.3, 0.4) is 0 Å². The molecule has 1 aliphatic heterocycles. The zero-order valence-corrected chi connectivity index (χ0v) is 9.48. The van der Waals surface area contributed by atoms with Gasteiger partial charge in [0.15, 0.2) is 0 Å². The minimum atomic E-state index is -0.242. The van der Waals surface area contributed by atoms with E-state index in [1.165, 1.54) is 16.4 Å². The van der Waals surface area contributed by atoms with Gasteiger partial charge in [0.2, 0.25) is 0 Å².